The number of aliphatic hydroxyl groups is 2. The Balaban J connectivity index is 2.41. The number of ether oxygens (including phenoxy) is 1. The number of carboxylic acid groups (broad SMARTS) is 1. The lowest BCUT2D eigenvalue weighted by molar-refractivity contribution is -0.149. The van der Waals surface area contributed by atoms with Gasteiger partial charge in [0.2, 0.25) is 0 Å². The Bertz CT molecular complexity index is 288. The highest BCUT2D eigenvalue weighted by atomic mass is 16.5. The first-order valence-corrected chi connectivity index (χ1v) is 4.95. The molecule has 6 heteroatoms. The number of carbonyl (C=O) groups is 2. The maximum atomic E-state index is 11.1. The zero-order chi connectivity index (χ0) is 12.1. The third-order valence-electron chi connectivity index (χ3n) is 2.26. The fourth-order valence-electron chi connectivity index (χ4n) is 1.65. The molecular formula is C10H14O6. The number of carboxylic acids is 1. The van der Waals surface area contributed by atoms with E-state index < -0.39 is 30.3 Å². The van der Waals surface area contributed by atoms with Crippen LogP contribution in [0.5, 0.6) is 0 Å². The molecule has 0 heterocycles. The molecule has 0 radical (unpaired) electrons. The van der Waals surface area contributed by atoms with E-state index in [0.29, 0.717) is 6.08 Å². The van der Waals surface area contributed by atoms with Crippen molar-refractivity contribution < 1.29 is 29.6 Å². The van der Waals surface area contributed by atoms with Crippen molar-refractivity contribution in [2.45, 2.75) is 37.6 Å². The number of carbonyl (C=O) groups excluding carboxylic acids is 1. The van der Waals surface area contributed by atoms with E-state index in [-0.39, 0.29) is 19.3 Å². The zero-order valence-electron chi connectivity index (χ0n) is 8.57. The molecule has 1 fully saturated rings. The maximum absolute atomic E-state index is 11.1. The predicted molar refractivity (Wildman–Crippen MR) is 52.5 cm³/mol. The lowest BCUT2D eigenvalue weighted by Gasteiger charge is -2.28. The highest BCUT2D eigenvalue weighted by Crippen LogP contribution is 2.21. The van der Waals surface area contributed by atoms with Gasteiger partial charge in [0.1, 0.15) is 6.10 Å². The Morgan fingerprint density at radius 1 is 1.06 bits per heavy atom. The number of hydrogen-bond acceptors (Lipinski definition) is 5. The summed E-state index contributed by atoms with van der Waals surface area (Å²) in [5.74, 6) is -2.02. The van der Waals surface area contributed by atoms with Crippen LogP contribution in [0.1, 0.15) is 19.3 Å². The molecule has 3 N–H and O–H groups in total. The summed E-state index contributed by atoms with van der Waals surface area (Å²) in [7, 11) is 0. The van der Waals surface area contributed by atoms with E-state index in [1.165, 1.54) is 0 Å². The first-order chi connectivity index (χ1) is 7.47. The summed E-state index contributed by atoms with van der Waals surface area (Å²) < 4.78 is 4.87. The second kappa shape index (κ2) is 5.62. The van der Waals surface area contributed by atoms with Gasteiger partial charge in [-0.15, -0.1) is 0 Å². The minimum Gasteiger partial charge on any atom is -0.478 e. The molecule has 1 rings (SSSR count). The Morgan fingerprint density at radius 2 is 1.62 bits per heavy atom. The third-order valence-corrected chi connectivity index (χ3v) is 2.26. The molecule has 6 nitrogen and oxygen atoms in total. The van der Waals surface area contributed by atoms with Gasteiger partial charge in [-0.05, 0) is 6.42 Å². The van der Waals surface area contributed by atoms with Crippen molar-refractivity contribution in [2.75, 3.05) is 0 Å². The molecule has 0 aliphatic heterocycles. The van der Waals surface area contributed by atoms with E-state index in [1.807, 2.05) is 0 Å². The minimum atomic E-state index is -1.24. The van der Waals surface area contributed by atoms with Crippen molar-refractivity contribution >= 4 is 11.9 Å². The summed E-state index contributed by atoms with van der Waals surface area (Å²) >= 11 is 0. The van der Waals surface area contributed by atoms with E-state index in [2.05, 4.69) is 0 Å². The molecule has 1 aliphatic rings. The molecule has 90 valence electrons. The van der Waals surface area contributed by atoms with Crippen molar-refractivity contribution in [3.05, 3.63) is 12.2 Å². The zero-order valence-corrected chi connectivity index (χ0v) is 8.57. The molecule has 16 heavy (non-hydrogen) atoms. The van der Waals surface area contributed by atoms with Gasteiger partial charge in [0.15, 0.2) is 0 Å². The fraction of sp³-hybridized carbons (Fsp3) is 0.600. The average Bonchev–Trinajstić information content (AvgIpc) is 2.12. The van der Waals surface area contributed by atoms with E-state index in [4.69, 9.17) is 9.84 Å². The van der Waals surface area contributed by atoms with Crippen molar-refractivity contribution in [3.8, 4) is 0 Å². The maximum Gasteiger partial charge on any atom is 0.331 e. The molecule has 0 aromatic heterocycles. The number of hydrogen-bond donors (Lipinski definition) is 3. The molecule has 0 amide bonds. The summed E-state index contributed by atoms with van der Waals surface area (Å²) in [4.78, 5) is 21.2. The highest BCUT2D eigenvalue weighted by molar-refractivity contribution is 5.90. The van der Waals surface area contributed by atoms with Crippen LogP contribution in [0.2, 0.25) is 0 Å². The Hall–Kier alpha value is -1.40. The van der Waals surface area contributed by atoms with Crippen LogP contribution in [0.3, 0.4) is 0 Å². The number of rotatable bonds is 3. The normalized spacial score (nSPS) is 30.2. The van der Waals surface area contributed by atoms with Gasteiger partial charge in [0.25, 0.3) is 0 Å². The smallest absolute Gasteiger partial charge is 0.331 e. The van der Waals surface area contributed by atoms with Crippen molar-refractivity contribution in [1.82, 2.24) is 0 Å². The molecule has 0 saturated heterocycles. The van der Waals surface area contributed by atoms with Crippen LogP contribution in [0.25, 0.3) is 0 Å². The minimum absolute atomic E-state index is 0.268. The van der Waals surface area contributed by atoms with Gasteiger partial charge in [-0.25, -0.2) is 9.59 Å². The van der Waals surface area contributed by atoms with Gasteiger partial charge >= 0.3 is 11.9 Å². The van der Waals surface area contributed by atoms with Crippen LogP contribution in [0.15, 0.2) is 12.2 Å². The predicted octanol–water partition coefficient (Wildman–Crippen LogP) is -0.555. The summed E-state index contributed by atoms with van der Waals surface area (Å²) in [6.45, 7) is 0. The van der Waals surface area contributed by atoms with Crippen LogP contribution < -0.4 is 0 Å². The molecule has 0 aromatic carbocycles. The quantitative estimate of drug-likeness (QED) is 0.443. The molecule has 0 bridgehead atoms. The van der Waals surface area contributed by atoms with E-state index in [1.54, 1.807) is 0 Å². The van der Waals surface area contributed by atoms with E-state index in [9.17, 15) is 19.8 Å². The van der Waals surface area contributed by atoms with Gasteiger partial charge in [-0.2, -0.15) is 0 Å². The Labute approximate surface area is 92.1 Å². The number of esters is 1. The lowest BCUT2D eigenvalue weighted by Crippen LogP contribution is -2.35. The standard InChI is InChI=1S/C10H14O6/c11-6-3-7(12)5-8(4-6)16-10(15)2-1-9(13)14/h1-2,6-8,11-12H,3-5H2,(H,13,14)/b2-1-. The van der Waals surface area contributed by atoms with Gasteiger partial charge < -0.3 is 20.1 Å². The van der Waals surface area contributed by atoms with Crippen LogP contribution in [-0.2, 0) is 14.3 Å². The molecule has 0 aromatic rings. The molecule has 1 aliphatic carbocycles. The summed E-state index contributed by atoms with van der Waals surface area (Å²) in [5.41, 5.74) is 0. The SMILES string of the molecule is O=C(O)/C=C\C(=O)OC1CC(O)CC(O)C1. The van der Waals surface area contributed by atoms with Gasteiger partial charge in [0, 0.05) is 25.0 Å². The molecule has 2 atom stereocenters. The lowest BCUT2D eigenvalue weighted by atomic mass is 9.92. The molecule has 0 spiro atoms. The summed E-state index contributed by atoms with van der Waals surface area (Å²) in [6.07, 6.45) is 0.347. The van der Waals surface area contributed by atoms with Crippen molar-refractivity contribution in [2.24, 2.45) is 0 Å². The average molecular weight is 230 g/mol. The van der Waals surface area contributed by atoms with E-state index >= 15 is 0 Å². The monoisotopic (exact) mass is 230 g/mol. The molecule has 1 saturated carbocycles. The van der Waals surface area contributed by atoms with Gasteiger partial charge in [-0.1, -0.05) is 0 Å². The first-order valence-electron chi connectivity index (χ1n) is 4.95. The van der Waals surface area contributed by atoms with Crippen LogP contribution in [0, 0.1) is 0 Å². The summed E-state index contributed by atoms with van der Waals surface area (Å²) in [6, 6.07) is 0. The second-order valence-electron chi connectivity index (χ2n) is 3.75. The molecular weight excluding hydrogens is 216 g/mol. The largest absolute Gasteiger partial charge is 0.478 e. The molecule has 2 unspecified atom stereocenters. The van der Waals surface area contributed by atoms with Crippen LogP contribution >= 0.6 is 0 Å². The highest BCUT2D eigenvalue weighted by Gasteiger charge is 2.28. The topological polar surface area (TPSA) is 104 Å². The number of aliphatic hydroxyl groups excluding tert-OH is 2. The second-order valence-corrected chi connectivity index (χ2v) is 3.75. The Kier molecular flexibility index (Phi) is 4.45. The summed E-state index contributed by atoms with van der Waals surface area (Å²) in [5, 5.41) is 26.9. The van der Waals surface area contributed by atoms with Crippen LogP contribution in [0.4, 0.5) is 0 Å². The van der Waals surface area contributed by atoms with Crippen LogP contribution in [-0.4, -0.2) is 45.6 Å². The third kappa shape index (κ3) is 4.41. The van der Waals surface area contributed by atoms with Gasteiger partial charge in [0.05, 0.1) is 12.2 Å². The van der Waals surface area contributed by atoms with E-state index in [0.717, 1.165) is 6.08 Å². The van der Waals surface area contributed by atoms with Gasteiger partial charge in [-0.3, -0.25) is 0 Å². The first kappa shape index (κ1) is 12.7. The number of aliphatic carboxylic acids is 1. The van der Waals surface area contributed by atoms with Crippen molar-refractivity contribution in [3.63, 3.8) is 0 Å². The fourth-order valence-corrected chi connectivity index (χ4v) is 1.65. The Morgan fingerprint density at radius 3 is 2.12 bits per heavy atom. The van der Waals surface area contributed by atoms with Crippen molar-refractivity contribution in [1.29, 1.82) is 0 Å².